The highest BCUT2D eigenvalue weighted by Gasteiger charge is 2.06. The molecule has 34 heavy (non-hydrogen) atoms. The fraction of sp³-hybridized carbons (Fsp3) is 0.259. The normalized spacial score (nSPS) is 10.3. The lowest BCUT2D eigenvalue weighted by Crippen LogP contribution is -2.22. The third-order valence-corrected chi connectivity index (χ3v) is 5.02. The minimum atomic E-state index is -0.162. The largest absolute Gasteiger partial charge is 0.490 e. The van der Waals surface area contributed by atoms with E-state index in [0.717, 1.165) is 17.0 Å². The number of nitrogens with zero attached hydrogens (tertiary/aromatic N) is 1. The fourth-order valence-electron chi connectivity index (χ4n) is 3.15. The molecule has 0 bridgehead atoms. The van der Waals surface area contributed by atoms with Crippen LogP contribution in [0.3, 0.4) is 0 Å². The van der Waals surface area contributed by atoms with Crippen molar-refractivity contribution in [1.29, 1.82) is 0 Å². The van der Waals surface area contributed by atoms with E-state index < -0.39 is 0 Å². The number of ether oxygens (including phenoxy) is 2. The van der Waals surface area contributed by atoms with Crippen molar-refractivity contribution in [2.24, 2.45) is 0 Å². The topological polar surface area (TPSA) is 79.9 Å². The number of para-hydroxylation sites is 1. The van der Waals surface area contributed by atoms with E-state index >= 15 is 0 Å². The Morgan fingerprint density at radius 1 is 0.794 bits per heavy atom. The average molecular weight is 462 g/mol. The molecule has 3 aromatic carbocycles. The summed E-state index contributed by atoms with van der Waals surface area (Å²) in [5.41, 5.74) is 2.58. The van der Waals surface area contributed by atoms with Crippen LogP contribution < -0.4 is 20.1 Å². The SMILES string of the molecule is CN(C)C(=O)CCc1ccc(NCC(=O)Nc2cccc(OCCOc3ccccc3)c2)cc1. The highest BCUT2D eigenvalue weighted by molar-refractivity contribution is 5.93. The Bertz CT molecular complexity index is 1050. The number of hydrogen-bond donors (Lipinski definition) is 2. The molecule has 0 aliphatic rings. The first-order chi connectivity index (χ1) is 16.5. The molecule has 0 atom stereocenters. The lowest BCUT2D eigenvalue weighted by Gasteiger charge is -2.11. The Labute approximate surface area is 200 Å². The minimum absolute atomic E-state index is 0.105. The van der Waals surface area contributed by atoms with E-state index in [1.165, 1.54) is 0 Å². The standard InChI is InChI=1S/C27H31N3O4/c1-30(2)27(32)16-13-21-11-14-22(15-12-21)28-20-26(31)29-23-7-6-10-25(19-23)34-18-17-33-24-8-4-3-5-9-24/h3-12,14-15,19,28H,13,16-18,20H2,1-2H3,(H,29,31). The summed E-state index contributed by atoms with van der Waals surface area (Å²) >= 11 is 0. The maximum absolute atomic E-state index is 12.3. The fourth-order valence-corrected chi connectivity index (χ4v) is 3.15. The third-order valence-electron chi connectivity index (χ3n) is 5.02. The van der Waals surface area contributed by atoms with Gasteiger partial charge < -0.3 is 25.0 Å². The summed E-state index contributed by atoms with van der Waals surface area (Å²) in [5.74, 6) is 1.40. The summed E-state index contributed by atoms with van der Waals surface area (Å²) in [6, 6.07) is 24.6. The van der Waals surface area contributed by atoms with E-state index in [1.54, 1.807) is 25.1 Å². The van der Waals surface area contributed by atoms with Crippen LogP contribution in [0.5, 0.6) is 11.5 Å². The van der Waals surface area contributed by atoms with E-state index in [0.29, 0.717) is 37.5 Å². The molecular weight excluding hydrogens is 430 g/mol. The van der Waals surface area contributed by atoms with Crippen molar-refractivity contribution in [3.8, 4) is 11.5 Å². The van der Waals surface area contributed by atoms with Crippen LogP contribution in [-0.4, -0.2) is 50.6 Å². The first-order valence-corrected chi connectivity index (χ1v) is 11.2. The maximum atomic E-state index is 12.3. The smallest absolute Gasteiger partial charge is 0.243 e. The molecular formula is C27H31N3O4. The molecule has 0 aliphatic heterocycles. The van der Waals surface area contributed by atoms with Crippen molar-refractivity contribution < 1.29 is 19.1 Å². The Balaban J connectivity index is 1.38. The lowest BCUT2D eigenvalue weighted by atomic mass is 10.1. The van der Waals surface area contributed by atoms with E-state index in [-0.39, 0.29) is 18.4 Å². The predicted octanol–water partition coefficient (Wildman–Crippen LogP) is 4.22. The minimum Gasteiger partial charge on any atom is -0.490 e. The molecule has 7 heteroatoms. The number of carbonyl (C=O) groups is 2. The van der Waals surface area contributed by atoms with Gasteiger partial charge in [-0.05, 0) is 48.4 Å². The van der Waals surface area contributed by atoms with Crippen LogP contribution >= 0.6 is 0 Å². The predicted molar refractivity (Wildman–Crippen MR) is 134 cm³/mol. The van der Waals surface area contributed by atoms with Gasteiger partial charge in [0.1, 0.15) is 24.7 Å². The molecule has 2 amide bonds. The summed E-state index contributed by atoms with van der Waals surface area (Å²) in [6.07, 6.45) is 1.17. The first-order valence-electron chi connectivity index (χ1n) is 11.2. The van der Waals surface area contributed by atoms with Gasteiger partial charge in [-0.2, -0.15) is 0 Å². The molecule has 178 valence electrons. The van der Waals surface area contributed by atoms with Crippen molar-refractivity contribution in [3.05, 3.63) is 84.4 Å². The quantitative estimate of drug-likeness (QED) is 0.395. The summed E-state index contributed by atoms with van der Waals surface area (Å²) in [7, 11) is 3.51. The van der Waals surface area contributed by atoms with Gasteiger partial charge in [-0.1, -0.05) is 36.4 Å². The number of nitrogens with one attached hydrogen (secondary N) is 2. The molecule has 7 nitrogen and oxygen atoms in total. The molecule has 0 spiro atoms. The van der Waals surface area contributed by atoms with Gasteiger partial charge in [0.05, 0.1) is 6.54 Å². The molecule has 0 fully saturated rings. The van der Waals surface area contributed by atoms with Crippen LogP contribution in [0.4, 0.5) is 11.4 Å². The highest BCUT2D eigenvalue weighted by Crippen LogP contribution is 2.18. The van der Waals surface area contributed by atoms with Crippen molar-refractivity contribution >= 4 is 23.2 Å². The molecule has 3 rings (SSSR count). The van der Waals surface area contributed by atoms with Crippen molar-refractivity contribution in [1.82, 2.24) is 4.90 Å². The molecule has 0 aromatic heterocycles. The summed E-state index contributed by atoms with van der Waals surface area (Å²) in [4.78, 5) is 25.6. The molecule has 0 unspecified atom stereocenters. The highest BCUT2D eigenvalue weighted by atomic mass is 16.5. The monoisotopic (exact) mass is 461 g/mol. The Hall–Kier alpha value is -4.00. The molecule has 0 aliphatic carbocycles. The number of carbonyl (C=O) groups excluding carboxylic acids is 2. The van der Waals surface area contributed by atoms with Crippen molar-refractivity contribution in [3.63, 3.8) is 0 Å². The number of hydrogen-bond acceptors (Lipinski definition) is 5. The number of aryl methyl sites for hydroxylation is 1. The molecule has 0 radical (unpaired) electrons. The third kappa shape index (κ3) is 8.50. The summed E-state index contributed by atoms with van der Waals surface area (Å²) in [5, 5.41) is 5.98. The van der Waals surface area contributed by atoms with E-state index in [9.17, 15) is 9.59 Å². The second-order valence-electron chi connectivity index (χ2n) is 7.92. The van der Waals surface area contributed by atoms with Gasteiger partial charge in [-0.25, -0.2) is 0 Å². The Morgan fingerprint density at radius 3 is 2.18 bits per heavy atom. The van der Waals surface area contributed by atoms with Gasteiger partial charge >= 0.3 is 0 Å². The Morgan fingerprint density at radius 2 is 1.47 bits per heavy atom. The van der Waals surface area contributed by atoms with Crippen LogP contribution in [0.1, 0.15) is 12.0 Å². The molecule has 0 saturated carbocycles. The molecule has 0 heterocycles. The van der Waals surface area contributed by atoms with Gasteiger partial charge in [-0.15, -0.1) is 0 Å². The number of benzene rings is 3. The molecule has 2 N–H and O–H groups in total. The van der Waals surface area contributed by atoms with E-state index in [2.05, 4.69) is 10.6 Å². The number of rotatable bonds is 12. The van der Waals surface area contributed by atoms with Crippen LogP contribution in [0.15, 0.2) is 78.9 Å². The number of anilines is 2. The maximum Gasteiger partial charge on any atom is 0.243 e. The van der Waals surface area contributed by atoms with Gasteiger partial charge in [-0.3, -0.25) is 9.59 Å². The zero-order valence-electron chi connectivity index (χ0n) is 19.6. The van der Waals surface area contributed by atoms with E-state index in [4.69, 9.17) is 9.47 Å². The average Bonchev–Trinajstić information content (AvgIpc) is 2.85. The second-order valence-corrected chi connectivity index (χ2v) is 7.92. The zero-order chi connectivity index (χ0) is 24.2. The summed E-state index contributed by atoms with van der Waals surface area (Å²) in [6.45, 7) is 0.955. The van der Waals surface area contributed by atoms with Crippen LogP contribution in [-0.2, 0) is 16.0 Å². The number of amides is 2. The van der Waals surface area contributed by atoms with Gasteiger partial charge in [0.2, 0.25) is 11.8 Å². The van der Waals surface area contributed by atoms with E-state index in [1.807, 2.05) is 72.8 Å². The Kier molecular flexibility index (Phi) is 9.34. The van der Waals surface area contributed by atoms with Crippen LogP contribution in [0.25, 0.3) is 0 Å². The van der Waals surface area contributed by atoms with Gasteiger partial charge in [0.15, 0.2) is 0 Å². The van der Waals surface area contributed by atoms with Gasteiger partial charge in [0, 0.05) is 38.0 Å². The van der Waals surface area contributed by atoms with Crippen LogP contribution in [0, 0.1) is 0 Å². The molecule has 0 saturated heterocycles. The zero-order valence-corrected chi connectivity index (χ0v) is 19.6. The van der Waals surface area contributed by atoms with Crippen molar-refractivity contribution in [2.75, 3.05) is 44.5 Å². The van der Waals surface area contributed by atoms with Crippen molar-refractivity contribution in [2.45, 2.75) is 12.8 Å². The summed E-state index contributed by atoms with van der Waals surface area (Å²) < 4.78 is 11.3. The molecule has 3 aromatic rings. The first kappa shape index (κ1) is 24.6. The van der Waals surface area contributed by atoms with Gasteiger partial charge in [0.25, 0.3) is 0 Å². The van der Waals surface area contributed by atoms with Crippen LogP contribution in [0.2, 0.25) is 0 Å². The second kappa shape index (κ2) is 12.9. The lowest BCUT2D eigenvalue weighted by molar-refractivity contribution is -0.128.